The Kier molecular flexibility index (Phi) is 39.2. The molecule has 10 aromatic rings. The summed E-state index contributed by atoms with van der Waals surface area (Å²) < 4.78 is 225. The van der Waals surface area contributed by atoms with E-state index in [2.05, 4.69) is 87.2 Å². The van der Waals surface area contributed by atoms with Crippen LogP contribution in [0.25, 0.3) is 31.6 Å². The molecule has 0 spiro atoms. The molecule has 2 atom stereocenters. The number of alkyl halides is 6. The smallest absolute Gasteiger partial charge is 0.405 e. The monoisotopic (exact) mass is 2320 g/mol. The number of rotatable bonds is 25. The number of carbonyl (C=O) groups excluding carboxylic acids is 2. The number of hydrogen-bond donors (Lipinski definition) is 8. The Morgan fingerprint density at radius 1 is 0.465 bits per heavy atom. The molecule has 0 radical (unpaired) electrons. The van der Waals surface area contributed by atoms with Crippen molar-refractivity contribution in [2.24, 2.45) is 10.3 Å². The Bertz CT molecular complexity index is 6870. The molecule has 0 bridgehead atoms. The SMILES string of the molecule is CC(C)(O)Cn1cc(-c2ccc3nc(C(C(=O)NCCS(N)(=O)=O)S(=O)(=O)Cc4ccc(C(F)(F)F)cc4)sc3c2)ccc1=O.CC(C)(O)Cn1cc(B2OC(C)(C)C(C)(C)O2)ccc1=O.CC(C)(O)Cn1cc(Br)ccc1=O.CC1(C)CO1.CC1(C)OB(B2OC(C)(C)C(C)(C)O2)OC1(C)C.NS(=O)(=O)CCNC(=O)C(c1nc2ccc(Br)cc2s1)S(=O)(=O)Cc1ccc(C(F)(F)F)cc1.O=c1ccc(Br)c[nH]1. The van der Waals surface area contributed by atoms with E-state index in [9.17, 15) is 104 Å². The molecule has 0 aliphatic carbocycles. The van der Waals surface area contributed by atoms with Crippen molar-refractivity contribution in [1.82, 2.24) is 39.3 Å². The van der Waals surface area contributed by atoms with Crippen molar-refractivity contribution in [3.63, 3.8) is 0 Å². The molecule has 6 aromatic heterocycles. The van der Waals surface area contributed by atoms with E-state index >= 15 is 0 Å². The van der Waals surface area contributed by atoms with Crippen LogP contribution in [0.15, 0.2) is 191 Å². The summed E-state index contributed by atoms with van der Waals surface area (Å²) >= 11 is 11.6. The fraction of sp³-hybridized carbons (Fsp3) is 0.478. The normalized spacial score (nSPS) is 17.1. The number of nitrogens with two attached hydrogens (primary N) is 2. The van der Waals surface area contributed by atoms with Crippen molar-refractivity contribution in [3.05, 3.63) is 245 Å². The molecule has 144 heavy (non-hydrogen) atoms. The number of sulfone groups is 2. The summed E-state index contributed by atoms with van der Waals surface area (Å²) in [5, 5.41) is 40.0. The van der Waals surface area contributed by atoms with Gasteiger partial charge in [-0.3, -0.25) is 28.8 Å². The van der Waals surface area contributed by atoms with Crippen LogP contribution in [0.1, 0.15) is 181 Å². The second-order valence-corrected chi connectivity index (χ2v) is 52.3. The predicted molar refractivity (Wildman–Crippen MR) is 553 cm³/mol. The molecule has 14 rings (SSSR count). The standard InChI is InChI=1S/C28H29F3N4O7S3.C19H17BrF3N3O5S3.C15H24BNO4.C12H24B2O4.C9H12BrNO2.C5H4BrNO.C4H8O/c1-27(2,38)16-35-14-19(6-10-23(35)36)18-5-9-21-22(13-18)43-26(34-21)24(25(37)33-11-12-45(32,41)42)44(39,40)15-17-3-7-20(8-4-17)28(29,30)31;20-13-5-6-14-15(9-13)32-18(26-14)16(17(27)25-7-8-34(24,30)31)33(28,29)10-11-1-3-12(4-2-11)19(21,22)23;1-13(2,19)10-17-9-11(7-8-12(17)18)16-20-14(3,4)15(5,6)21-16;1-9(2)10(3,4)16-13(15-9)14-17-11(5,6)12(7,8)18-14;1-9(2,13)6-11-5-7(10)3-4-8(11)12;6-4-1-2-5(8)7-3-4;1-4(2)3-5-4/h3-10,13-14,24,38H,11-12,15-16H2,1-2H3,(H,33,37)(H2,32,41,42);1-6,9,16H,7-8,10H2,(H,25,27)(H2,24,30,31);7-9,19H,10H2,1-6H3;1-8H3;3-5,13H,6H2,1-2H3;1-3H,(H,7,8);3H2,1-2H3. The minimum absolute atomic E-state index is 0.00471. The van der Waals surface area contributed by atoms with Crippen molar-refractivity contribution < 1.29 is 118 Å². The molecule has 34 nitrogen and oxygen atoms in total. The number of ether oxygens (including phenoxy) is 1. The van der Waals surface area contributed by atoms with E-state index in [-0.39, 0.29) is 84.5 Å². The third kappa shape index (κ3) is 36.1. The van der Waals surface area contributed by atoms with E-state index < -0.39 is 171 Å². The van der Waals surface area contributed by atoms with Gasteiger partial charge in [-0.05, 0) is 271 Å². The van der Waals surface area contributed by atoms with Gasteiger partial charge in [-0.1, -0.05) is 52.3 Å². The molecular weight excluding hydrogens is 2210 g/mol. The van der Waals surface area contributed by atoms with E-state index in [0.29, 0.717) is 42.6 Å². The number of nitrogens with zero attached hydrogens (tertiary/aromatic N) is 5. The number of amides is 2. The zero-order valence-corrected chi connectivity index (χ0v) is 92.3. The van der Waals surface area contributed by atoms with Crippen molar-refractivity contribution >= 4 is 169 Å². The first-order chi connectivity index (χ1) is 65.5. The van der Waals surface area contributed by atoms with Gasteiger partial charge in [0.25, 0.3) is 16.7 Å². The second kappa shape index (κ2) is 46.6. The number of epoxide rings is 1. The predicted octanol–water partition coefficient (Wildman–Crippen LogP) is 12.6. The first kappa shape index (κ1) is 121. The number of fused-ring (bicyclic) bond motifs is 2. The summed E-state index contributed by atoms with van der Waals surface area (Å²) in [6, 6.07) is 29.4. The summed E-state index contributed by atoms with van der Waals surface area (Å²) in [7, 11) is -18.2. The highest BCUT2D eigenvalue weighted by Gasteiger charge is 2.64. The van der Waals surface area contributed by atoms with Gasteiger partial charge in [0.1, 0.15) is 10.0 Å². The van der Waals surface area contributed by atoms with Crippen molar-refractivity contribution in [3.8, 4) is 11.1 Å². The molecule has 0 saturated carbocycles. The molecule has 788 valence electrons. The maximum atomic E-state index is 13.6. The molecule has 4 aromatic carbocycles. The molecule has 4 fully saturated rings. The van der Waals surface area contributed by atoms with E-state index in [4.69, 9.17) is 42.9 Å². The first-order valence-corrected chi connectivity index (χ1v) is 55.2. The largest absolute Gasteiger partial charge is 0.496 e. The Morgan fingerprint density at radius 3 is 1.15 bits per heavy atom. The number of carbonyl (C=O) groups is 2. The van der Waals surface area contributed by atoms with Crippen molar-refractivity contribution in [1.29, 1.82) is 0 Å². The highest BCUT2D eigenvalue weighted by molar-refractivity contribution is 9.11. The van der Waals surface area contributed by atoms with Gasteiger partial charge in [-0.2, -0.15) is 26.3 Å². The van der Waals surface area contributed by atoms with Crippen LogP contribution in [0, 0.1) is 0 Å². The van der Waals surface area contributed by atoms with E-state index in [1.165, 1.54) is 38.0 Å². The lowest BCUT2D eigenvalue weighted by atomic mass is 9.49. The number of benzene rings is 4. The van der Waals surface area contributed by atoms with Crippen LogP contribution in [-0.4, -0.2) is 198 Å². The summed E-state index contributed by atoms with van der Waals surface area (Å²) in [6.07, 6.45) is -2.68. The van der Waals surface area contributed by atoms with Gasteiger partial charge >= 0.3 is 33.5 Å². The van der Waals surface area contributed by atoms with E-state index in [1.807, 2.05) is 83.1 Å². The summed E-state index contributed by atoms with van der Waals surface area (Å²) in [4.78, 5) is 83.1. The number of nitrogens with one attached hydrogen (secondary N) is 3. The molecular formula is C92H118B3Br3F6N10O24S6. The number of H-pyrrole nitrogens is 1. The topological polar surface area (TPSA) is 500 Å². The average molecular weight is 2330 g/mol. The maximum absolute atomic E-state index is 13.6. The molecule has 2 unspecified atom stereocenters. The highest BCUT2D eigenvalue weighted by Crippen LogP contribution is 2.45. The number of halogens is 9. The number of hydrogen-bond acceptors (Lipinski definition) is 28. The second-order valence-electron chi connectivity index (χ2n) is 39.8. The highest BCUT2D eigenvalue weighted by atomic mass is 79.9. The van der Waals surface area contributed by atoms with Crippen LogP contribution < -0.4 is 48.6 Å². The van der Waals surface area contributed by atoms with E-state index in [1.54, 1.807) is 127 Å². The Balaban J connectivity index is 0.000000224. The van der Waals surface area contributed by atoms with Gasteiger partial charge in [-0.15, -0.1) is 22.7 Å². The zero-order valence-electron chi connectivity index (χ0n) is 82.6. The lowest BCUT2D eigenvalue weighted by Crippen LogP contribution is -2.41. The van der Waals surface area contributed by atoms with Crippen LogP contribution in [0.2, 0.25) is 0 Å². The molecule has 4 aliphatic rings. The third-order valence-electron chi connectivity index (χ3n) is 22.8. The van der Waals surface area contributed by atoms with Gasteiger partial charge in [0.15, 0.2) is 30.2 Å². The van der Waals surface area contributed by atoms with Crippen molar-refractivity contribution in [2.45, 2.75) is 248 Å². The minimum atomic E-state index is -4.63. The third-order valence-corrected chi connectivity index (χ3v) is 32.0. The zero-order chi connectivity index (χ0) is 109. The molecule has 10 N–H and O–H groups in total. The number of aromatic nitrogens is 6. The van der Waals surface area contributed by atoms with Gasteiger partial charge in [-0.25, -0.2) is 53.9 Å². The Hall–Kier alpha value is -8.07. The first-order valence-electron chi connectivity index (χ1n) is 44.3. The molecule has 10 heterocycles. The Labute approximate surface area is 865 Å². The lowest BCUT2D eigenvalue weighted by molar-refractivity contribution is -0.138. The molecule has 4 saturated heterocycles. The van der Waals surface area contributed by atoms with Gasteiger partial charge in [0.05, 0.1) is 137 Å². The number of aromatic amines is 1. The number of aliphatic hydroxyl groups is 3. The van der Waals surface area contributed by atoms with Crippen LogP contribution >= 0.6 is 70.5 Å². The fourth-order valence-electron chi connectivity index (χ4n) is 13.2. The maximum Gasteiger partial charge on any atom is 0.496 e. The van der Waals surface area contributed by atoms with Crippen LogP contribution in [0.4, 0.5) is 26.3 Å². The van der Waals surface area contributed by atoms with Crippen LogP contribution in [0.5, 0.6) is 0 Å². The number of primary sulfonamides is 2. The minimum Gasteiger partial charge on any atom is -0.405 e. The number of thiazole rings is 2. The van der Waals surface area contributed by atoms with Gasteiger partial charge in [0.2, 0.25) is 37.4 Å². The van der Waals surface area contributed by atoms with Gasteiger partial charge in [0, 0.05) is 75.6 Å². The van der Waals surface area contributed by atoms with Crippen LogP contribution in [0.3, 0.4) is 0 Å². The molecule has 2 amide bonds. The Morgan fingerprint density at radius 2 is 0.799 bits per heavy atom. The van der Waals surface area contributed by atoms with Crippen molar-refractivity contribution in [2.75, 3.05) is 31.2 Å². The summed E-state index contributed by atoms with van der Waals surface area (Å²) in [5.74, 6) is -4.92. The van der Waals surface area contributed by atoms with Crippen LogP contribution in [-0.2, 0) is 125 Å². The number of pyridine rings is 4. The lowest BCUT2D eigenvalue weighted by Gasteiger charge is -2.32. The average Bonchev–Trinajstić information content (AvgIpc) is 1.59. The number of sulfonamides is 2. The fourth-order valence-corrected chi connectivity index (χ4v) is 21.4. The summed E-state index contributed by atoms with van der Waals surface area (Å²) in [5.41, 5.74) is -4.76. The molecule has 52 heteroatoms. The molecule has 4 aliphatic heterocycles. The van der Waals surface area contributed by atoms with Gasteiger partial charge < -0.3 is 77.3 Å². The van der Waals surface area contributed by atoms with E-state index in [0.717, 1.165) is 92.2 Å². The summed E-state index contributed by atoms with van der Waals surface area (Å²) in [6.45, 7) is 38.7. The quantitative estimate of drug-likeness (QED) is 0.0150.